The van der Waals surface area contributed by atoms with Crippen LogP contribution in [0.15, 0.2) is 0 Å². The maximum atomic E-state index is 13.0. The molecule has 4 N–H and O–H groups in total. The van der Waals surface area contributed by atoms with E-state index < -0.39 is 29.7 Å². The van der Waals surface area contributed by atoms with Gasteiger partial charge in [-0.3, -0.25) is 57.9 Å². The Kier molecular flexibility index (Phi) is 24.2. The lowest BCUT2D eigenvalue weighted by molar-refractivity contribution is -0.376. The minimum Gasteiger partial charge on any atom is -0.444 e. The van der Waals surface area contributed by atoms with Crippen LogP contribution in [-0.4, -0.2) is 111 Å². The van der Waals surface area contributed by atoms with E-state index in [4.69, 9.17) is 4.74 Å². The van der Waals surface area contributed by atoms with Crippen LogP contribution in [0.2, 0.25) is 0 Å². The zero-order valence-corrected chi connectivity index (χ0v) is 48.9. The third-order valence-electron chi connectivity index (χ3n) is 12.4. The van der Waals surface area contributed by atoms with E-state index in [2.05, 4.69) is 11.1 Å². The molecule has 0 spiro atoms. The molecule has 5 atom stereocenters. The number of nitrogens with one attached hydrogen (secondary N) is 1. The van der Waals surface area contributed by atoms with Crippen LogP contribution < -0.4 is 11.1 Å². The first kappa shape index (κ1) is 67.7. The molecule has 0 radical (unpaired) electrons. The summed E-state index contributed by atoms with van der Waals surface area (Å²) in [4.78, 5) is 127. The van der Waals surface area contributed by atoms with Crippen molar-refractivity contribution in [2.75, 3.05) is 19.6 Å². The fourth-order valence-corrected chi connectivity index (χ4v) is 8.88. The molecule has 3 aliphatic rings. The molecule has 7 amide bonds. The number of hydrogen-bond acceptors (Lipinski definition) is 11. The molecule has 0 saturated carbocycles. The van der Waals surface area contributed by atoms with Gasteiger partial charge in [0.05, 0.1) is 36.4 Å². The Morgan fingerprint density at radius 3 is 1.18 bits per heavy atom. The first-order chi connectivity index (χ1) is 31.7. The van der Waals surface area contributed by atoms with E-state index in [1.54, 1.807) is 20.8 Å². The van der Waals surface area contributed by atoms with Crippen LogP contribution in [0.5, 0.6) is 0 Å². The first-order valence-corrected chi connectivity index (χ1v) is 25.6. The fourth-order valence-electron chi connectivity index (χ4n) is 8.88. The van der Waals surface area contributed by atoms with Gasteiger partial charge in [0, 0.05) is 70.9 Å². The second-order valence-corrected chi connectivity index (χ2v) is 27.9. The summed E-state index contributed by atoms with van der Waals surface area (Å²) in [7, 11) is 0. The lowest BCUT2D eigenvalue weighted by atomic mass is 9.80. The van der Waals surface area contributed by atoms with Gasteiger partial charge in [0.2, 0.25) is 35.4 Å². The highest BCUT2D eigenvalue weighted by atomic mass is 16.6. The molecule has 3 aliphatic heterocycles. The molecule has 3 heterocycles. The summed E-state index contributed by atoms with van der Waals surface area (Å²) in [6, 6.07) is -1.12. The van der Waals surface area contributed by atoms with E-state index in [9.17, 15) is 47.9 Å². The molecular weight excluding hydrogens is 919 g/mol. The van der Waals surface area contributed by atoms with E-state index in [0.29, 0.717) is 25.8 Å². The molecule has 3 fully saturated rings. The molecule has 16 nitrogen and oxygen atoms in total. The normalized spacial score (nSPS) is 20.1. The summed E-state index contributed by atoms with van der Waals surface area (Å²) in [6.07, 6.45) is 1.75. The zero-order chi connectivity index (χ0) is 55.8. The number of likely N-dealkylation sites (tertiary alicyclic amines) is 3. The van der Waals surface area contributed by atoms with Crippen LogP contribution in [0, 0.1) is 57.7 Å². The summed E-state index contributed by atoms with van der Waals surface area (Å²) >= 11 is 0. The van der Waals surface area contributed by atoms with Gasteiger partial charge in [0.15, 0.2) is 0 Å². The number of carbonyl (C=O) groups excluding carboxylic acids is 10. The molecule has 414 valence electrons. The minimum atomic E-state index is -0.718. The number of Topliss-reactive ketones (excluding diaryl/α,β-unsaturated/α-hetero) is 3. The number of ether oxygens (including phenoxy) is 1. The number of nitrogens with zero attached hydrogens (tertiary/aromatic N) is 3. The van der Waals surface area contributed by atoms with Crippen molar-refractivity contribution in [3.05, 3.63) is 7.43 Å². The van der Waals surface area contributed by atoms with Crippen molar-refractivity contribution < 1.29 is 58.4 Å². The van der Waals surface area contributed by atoms with Crippen molar-refractivity contribution in [1.29, 1.82) is 0 Å². The largest absolute Gasteiger partial charge is 0.444 e. The Labute approximate surface area is 434 Å². The summed E-state index contributed by atoms with van der Waals surface area (Å²) in [5.41, 5.74) is 2.01. The third kappa shape index (κ3) is 22.8. The summed E-state index contributed by atoms with van der Waals surface area (Å²) in [5.74, 6) is -1.99. The van der Waals surface area contributed by atoms with Gasteiger partial charge in [-0.15, -0.1) is 0 Å². The molecule has 0 bridgehead atoms. The van der Waals surface area contributed by atoms with Gasteiger partial charge in [0.1, 0.15) is 23.0 Å². The monoisotopic (exact) mass is 1020 g/mol. The van der Waals surface area contributed by atoms with Crippen molar-refractivity contribution in [3.63, 3.8) is 0 Å². The topological polar surface area (TPSA) is 229 Å². The Bertz CT molecular complexity index is 1960. The Morgan fingerprint density at radius 1 is 0.528 bits per heavy atom. The number of quaternary nitrogens is 1. The molecule has 72 heavy (non-hydrogen) atoms. The predicted molar refractivity (Wildman–Crippen MR) is 280 cm³/mol. The second kappa shape index (κ2) is 25.7. The highest BCUT2D eigenvalue weighted by molar-refractivity contribution is 6.06. The van der Waals surface area contributed by atoms with Gasteiger partial charge in [-0.05, 0) is 53.3 Å². The molecule has 0 aromatic carbocycles. The summed E-state index contributed by atoms with van der Waals surface area (Å²) < 4.78 is 5.24. The lowest BCUT2D eigenvalue weighted by Crippen LogP contribution is -2.61. The number of ketones is 3. The second-order valence-electron chi connectivity index (χ2n) is 27.9. The van der Waals surface area contributed by atoms with Crippen LogP contribution in [0.1, 0.15) is 203 Å². The van der Waals surface area contributed by atoms with Crippen LogP contribution in [0.3, 0.4) is 0 Å². The average molecular weight is 1020 g/mol. The van der Waals surface area contributed by atoms with Crippen molar-refractivity contribution >= 4 is 58.9 Å². The van der Waals surface area contributed by atoms with Crippen molar-refractivity contribution in [2.45, 2.75) is 221 Å². The summed E-state index contributed by atoms with van der Waals surface area (Å²) in [6.45, 7) is 41.3. The van der Waals surface area contributed by atoms with Crippen molar-refractivity contribution in [1.82, 2.24) is 20.0 Å². The number of hydrogen-bond donors (Lipinski definition) is 2. The van der Waals surface area contributed by atoms with Crippen LogP contribution in [-0.2, 0) is 47.9 Å². The van der Waals surface area contributed by atoms with E-state index in [-0.39, 0.29) is 156 Å². The molecule has 0 aromatic heterocycles. The van der Waals surface area contributed by atoms with Crippen molar-refractivity contribution in [2.24, 2.45) is 50.2 Å². The van der Waals surface area contributed by atoms with Crippen LogP contribution in [0.25, 0.3) is 0 Å². The summed E-state index contributed by atoms with van der Waals surface area (Å²) in [5, 5.41) is 2.62. The first-order valence-electron chi connectivity index (χ1n) is 25.6. The highest BCUT2D eigenvalue weighted by Gasteiger charge is 2.49. The maximum Gasteiger partial charge on any atom is 0.407 e. The molecule has 0 aliphatic carbocycles. The SMILES string of the molecule is CC(C)(C)CC(=O)CC(CNC(=O)OC(C)(C)C)N1C(=O)CC(C(C)(C)C)C1=O.CC(C)(C)CC(=O)CC(C[NH3+])N1C(=O)CC(C(C)(C)C)C1=O.CC(C)(C)CC(=O)CCN1C(=O)CC(C(C)(C)C)C1=O.[CH3-]. The van der Waals surface area contributed by atoms with E-state index >= 15 is 0 Å². The van der Waals surface area contributed by atoms with Gasteiger partial charge in [0.25, 0.3) is 0 Å². The van der Waals surface area contributed by atoms with E-state index in [1.807, 2.05) is 125 Å². The molecule has 16 heteroatoms. The van der Waals surface area contributed by atoms with Gasteiger partial charge >= 0.3 is 6.09 Å². The molecule has 0 aromatic rings. The van der Waals surface area contributed by atoms with Crippen LogP contribution >= 0.6 is 0 Å². The quantitative estimate of drug-likeness (QED) is 0.117. The zero-order valence-electron chi connectivity index (χ0n) is 48.9. The Hall–Kier alpha value is -4.34. The van der Waals surface area contributed by atoms with Crippen LogP contribution in [0.4, 0.5) is 4.79 Å². The average Bonchev–Trinajstić information content (AvgIpc) is 3.72. The number of imide groups is 3. The van der Waals surface area contributed by atoms with Gasteiger partial charge in [-0.1, -0.05) is 125 Å². The number of rotatable bonds is 15. The van der Waals surface area contributed by atoms with Gasteiger partial charge < -0.3 is 23.2 Å². The predicted octanol–water partition coefficient (Wildman–Crippen LogP) is 8.36. The molecular formula is C56H99N5O11. The van der Waals surface area contributed by atoms with E-state index in [0.717, 1.165) is 0 Å². The lowest BCUT2D eigenvalue weighted by Gasteiger charge is -2.30. The Balaban J connectivity index is 0.00000106. The maximum absolute atomic E-state index is 13.0. The number of alkyl carbamates (subject to hydrolysis) is 1. The molecule has 3 rings (SSSR count). The van der Waals surface area contributed by atoms with E-state index in [1.165, 1.54) is 14.7 Å². The number of carbonyl (C=O) groups is 10. The van der Waals surface area contributed by atoms with Gasteiger partial charge in [-0.25, -0.2) is 4.79 Å². The highest BCUT2D eigenvalue weighted by Crippen LogP contribution is 2.39. The minimum absolute atomic E-state index is 0. The van der Waals surface area contributed by atoms with Gasteiger partial charge in [-0.2, -0.15) is 0 Å². The molecule has 5 unspecified atom stereocenters. The number of amides is 7. The third-order valence-corrected chi connectivity index (χ3v) is 12.4. The standard InChI is InChI=1S/C22H38N2O5.C17H30N2O3.C16H27NO3.CH3/c1-20(2,3)12-15(25)10-14(13-23-19(28)29-22(7,8)9)24-17(26)11-16(18(24)27)21(4,5)6;1-16(2,3)9-12(20)7-11(10-18)19-14(21)8-13(15(19)22)17(4,5)6;1-15(2,3)10-11(18)7-8-17-13(19)9-12(14(17)20)16(4,5)6;/h14,16H,10-13H2,1-9H3,(H,23,28);11,13H,7-10,18H2,1-6H3;12H,7-10H2,1-6H3;1H3/q;;;-1/p+1. The van der Waals surface area contributed by atoms with Crippen molar-refractivity contribution in [3.8, 4) is 0 Å². The Morgan fingerprint density at radius 2 is 0.861 bits per heavy atom. The fraction of sp³-hybridized carbons (Fsp3) is 0.804. The molecule has 3 saturated heterocycles. The smallest absolute Gasteiger partial charge is 0.407 e.